The van der Waals surface area contributed by atoms with Crippen molar-refractivity contribution in [1.29, 1.82) is 0 Å². The molecule has 1 fully saturated rings. The highest BCUT2D eigenvalue weighted by molar-refractivity contribution is 7.99. The molecule has 0 aromatic heterocycles. The van der Waals surface area contributed by atoms with Gasteiger partial charge < -0.3 is 10.2 Å². The van der Waals surface area contributed by atoms with Gasteiger partial charge in [-0.3, -0.25) is 9.59 Å². The zero-order valence-electron chi connectivity index (χ0n) is 12.9. The van der Waals surface area contributed by atoms with E-state index in [2.05, 4.69) is 18.3 Å². The summed E-state index contributed by atoms with van der Waals surface area (Å²) in [5.74, 6) is 1.92. The molecule has 22 heavy (non-hydrogen) atoms. The summed E-state index contributed by atoms with van der Waals surface area (Å²) in [6.07, 6.45) is 2.35. The lowest BCUT2D eigenvalue weighted by atomic mass is 10.2. The number of para-hydroxylation sites is 1. The first kappa shape index (κ1) is 15.4. The molecule has 1 heterocycles. The van der Waals surface area contributed by atoms with E-state index in [1.54, 1.807) is 0 Å². The van der Waals surface area contributed by atoms with Crippen LogP contribution in [0.25, 0.3) is 0 Å². The number of hydrogen-bond acceptors (Lipinski definition) is 3. The molecule has 1 aromatic rings. The van der Waals surface area contributed by atoms with Crippen molar-refractivity contribution in [2.75, 3.05) is 23.7 Å². The standard InChI is InChI=1S/C17H22N2O2S/c1-12-11-13(12)17(21)18-8-7-16(20)19-9-4-10-22-15-6-3-2-5-14(15)19/h2-3,5-6,12-13H,4,7-11H2,1H3,(H,18,21)/t12-,13-/m0/s1. The van der Waals surface area contributed by atoms with Crippen molar-refractivity contribution >= 4 is 29.3 Å². The van der Waals surface area contributed by atoms with Gasteiger partial charge in [0.15, 0.2) is 0 Å². The van der Waals surface area contributed by atoms with Gasteiger partial charge in [0, 0.05) is 30.3 Å². The molecule has 1 aliphatic heterocycles. The molecule has 118 valence electrons. The summed E-state index contributed by atoms with van der Waals surface area (Å²) < 4.78 is 0. The van der Waals surface area contributed by atoms with Crippen LogP contribution in [0.15, 0.2) is 29.2 Å². The van der Waals surface area contributed by atoms with Crippen molar-refractivity contribution in [3.05, 3.63) is 24.3 Å². The Balaban J connectivity index is 1.56. The predicted molar refractivity (Wildman–Crippen MR) is 89.0 cm³/mol. The van der Waals surface area contributed by atoms with Crippen LogP contribution in [0.4, 0.5) is 5.69 Å². The van der Waals surface area contributed by atoms with Gasteiger partial charge in [-0.15, -0.1) is 11.8 Å². The number of fused-ring (bicyclic) bond motifs is 1. The summed E-state index contributed by atoms with van der Waals surface area (Å²) in [5, 5.41) is 2.89. The molecule has 0 unspecified atom stereocenters. The van der Waals surface area contributed by atoms with Crippen molar-refractivity contribution in [3.63, 3.8) is 0 Å². The predicted octanol–water partition coefficient (Wildman–Crippen LogP) is 2.68. The summed E-state index contributed by atoms with van der Waals surface area (Å²) in [7, 11) is 0. The van der Waals surface area contributed by atoms with Gasteiger partial charge in [-0.1, -0.05) is 19.1 Å². The number of anilines is 1. The summed E-state index contributed by atoms with van der Waals surface area (Å²) in [6.45, 7) is 3.28. The number of nitrogens with zero attached hydrogens (tertiary/aromatic N) is 1. The first-order chi connectivity index (χ1) is 10.7. The highest BCUT2D eigenvalue weighted by atomic mass is 32.2. The molecule has 0 spiro atoms. The van der Waals surface area contributed by atoms with Gasteiger partial charge in [0.2, 0.25) is 11.8 Å². The fourth-order valence-electron chi connectivity index (χ4n) is 2.83. The maximum absolute atomic E-state index is 12.5. The zero-order chi connectivity index (χ0) is 15.5. The minimum absolute atomic E-state index is 0.0964. The van der Waals surface area contributed by atoms with Crippen LogP contribution >= 0.6 is 11.8 Å². The molecule has 4 nitrogen and oxygen atoms in total. The smallest absolute Gasteiger partial charge is 0.228 e. The van der Waals surface area contributed by atoms with E-state index < -0.39 is 0 Å². The van der Waals surface area contributed by atoms with Gasteiger partial charge in [-0.2, -0.15) is 0 Å². The van der Waals surface area contributed by atoms with Gasteiger partial charge in [0.25, 0.3) is 0 Å². The molecule has 1 N–H and O–H groups in total. The molecule has 3 rings (SSSR count). The molecule has 1 aliphatic carbocycles. The van der Waals surface area contributed by atoms with E-state index in [1.165, 1.54) is 4.90 Å². The Morgan fingerprint density at radius 1 is 1.36 bits per heavy atom. The maximum Gasteiger partial charge on any atom is 0.228 e. The summed E-state index contributed by atoms with van der Waals surface area (Å²) >= 11 is 1.81. The van der Waals surface area contributed by atoms with E-state index in [0.29, 0.717) is 18.9 Å². The Morgan fingerprint density at radius 3 is 2.91 bits per heavy atom. The second-order valence-corrected chi connectivity index (χ2v) is 7.21. The zero-order valence-corrected chi connectivity index (χ0v) is 13.7. The summed E-state index contributed by atoms with van der Waals surface area (Å²) in [4.78, 5) is 27.3. The molecule has 0 radical (unpaired) electrons. The highest BCUT2D eigenvalue weighted by Crippen LogP contribution is 2.37. The Labute approximate surface area is 135 Å². The SMILES string of the molecule is C[C@H]1C[C@@H]1C(=O)NCCC(=O)N1CCCSc2ccccc21. The quantitative estimate of drug-likeness (QED) is 0.928. The highest BCUT2D eigenvalue weighted by Gasteiger charge is 2.38. The maximum atomic E-state index is 12.5. The Bertz CT molecular complexity index is 576. The third-order valence-electron chi connectivity index (χ3n) is 4.33. The lowest BCUT2D eigenvalue weighted by molar-refractivity contribution is -0.122. The summed E-state index contributed by atoms with van der Waals surface area (Å²) in [6, 6.07) is 8.07. The van der Waals surface area contributed by atoms with Crippen LogP contribution in [0.2, 0.25) is 0 Å². The molecule has 1 aromatic carbocycles. The van der Waals surface area contributed by atoms with Crippen LogP contribution < -0.4 is 10.2 Å². The first-order valence-corrected chi connectivity index (χ1v) is 8.95. The van der Waals surface area contributed by atoms with E-state index in [0.717, 1.165) is 30.8 Å². The van der Waals surface area contributed by atoms with Crippen LogP contribution in [0, 0.1) is 11.8 Å². The molecule has 5 heteroatoms. The van der Waals surface area contributed by atoms with Gasteiger partial charge in [0.05, 0.1) is 5.69 Å². The van der Waals surface area contributed by atoms with Crippen molar-refractivity contribution in [3.8, 4) is 0 Å². The first-order valence-electron chi connectivity index (χ1n) is 7.96. The van der Waals surface area contributed by atoms with Crippen molar-refractivity contribution in [1.82, 2.24) is 5.32 Å². The molecule has 1 saturated carbocycles. The molecule has 2 atom stereocenters. The van der Waals surface area contributed by atoms with E-state index >= 15 is 0 Å². The minimum atomic E-state index is 0.0964. The van der Waals surface area contributed by atoms with Gasteiger partial charge in [-0.05, 0) is 36.6 Å². The van der Waals surface area contributed by atoms with Crippen LogP contribution in [0.3, 0.4) is 0 Å². The van der Waals surface area contributed by atoms with Crippen molar-refractivity contribution < 1.29 is 9.59 Å². The third kappa shape index (κ3) is 3.46. The number of nitrogens with one attached hydrogen (secondary N) is 1. The number of hydrogen-bond donors (Lipinski definition) is 1. The number of amides is 2. The molecule has 2 aliphatic rings. The second-order valence-electron chi connectivity index (χ2n) is 6.08. The van der Waals surface area contributed by atoms with E-state index in [1.807, 2.05) is 34.9 Å². The third-order valence-corrected chi connectivity index (χ3v) is 5.47. The number of benzene rings is 1. The average Bonchev–Trinajstić information content (AvgIpc) is 3.28. The van der Waals surface area contributed by atoms with Gasteiger partial charge in [0.1, 0.15) is 0 Å². The number of carbonyl (C=O) groups excluding carboxylic acids is 2. The minimum Gasteiger partial charge on any atom is -0.355 e. The largest absolute Gasteiger partial charge is 0.355 e. The Kier molecular flexibility index (Phi) is 4.71. The Morgan fingerprint density at radius 2 is 2.14 bits per heavy atom. The lowest BCUT2D eigenvalue weighted by Crippen LogP contribution is -2.35. The van der Waals surface area contributed by atoms with Crippen LogP contribution in [-0.2, 0) is 9.59 Å². The van der Waals surface area contributed by atoms with E-state index in [9.17, 15) is 9.59 Å². The molecule has 0 saturated heterocycles. The molecule has 0 bridgehead atoms. The topological polar surface area (TPSA) is 49.4 Å². The molecular formula is C17H22N2O2S. The number of thioether (sulfide) groups is 1. The normalized spacial score (nSPS) is 23.4. The van der Waals surface area contributed by atoms with Crippen molar-refractivity contribution in [2.24, 2.45) is 11.8 Å². The second kappa shape index (κ2) is 6.73. The van der Waals surface area contributed by atoms with Crippen LogP contribution in [-0.4, -0.2) is 30.7 Å². The monoisotopic (exact) mass is 318 g/mol. The summed E-state index contributed by atoms with van der Waals surface area (Å²) in [5.41, 5.74) is 1.01. The fourth-order valence-corrected chi connectivity index (χ4v) is 3.83. The number of rotatable bonds is 4. The van der Waals surface area contributed by atoms with E-state index in [-0.39, 0.29) is 17.7 Å². The number of carbonyl (C=O) groups is 2. The Hall–Kier alpha value is -1.49. The lowest BCUT2D eigenvalue weighted by Gasteiger charge is -2.22. The average molecular weight is 318 g/mol. The van der Waals surface area contributed by atoms with E-state index in [4.69, 9.17) is 0 Å². The molecule has 2 amide bonds. The van der Waals surface area contributed by atoms with Crippen LogP contribution in [0.1, 0.15) is 26.2 Å². The van der Waals surface area contributed by atoms with Gasteiger partial charge >= 0.3 is 0 Å². The van der Waals surface area contributed by atoms with Crippen molar-refractivity contribution in [2.45, 2.75) is 31.1 Å². The fraction of sp³-hybridized carbons (Fsp3) is 0.529. The molecular weight excluding hydrogens is 296 g/mol. The van der Waals surface area contributed by atoms with Gasteiger partial charge in [-0.25, -0.2) is 0 Å². The van der Waals surface area contributed by atoms with Crippen LogP contribution in [0.5, 0.6) is 0 Å².